The minimum atomic E-state index is -0.461. The summed E-state index contributed by atoms with van der Waals surface area (Å²) in [6.45, 7) is 3.80. The largest absolute Gasteiger partial charge is 0.348 e. The van der Waals surface area contributed by atoms with Crippen LogP contribution in [0.2, 0.25) is 0 Å². The van der Waals surface area contributed by atoms with Gasteiger partial charge in [0.25, 0.3) is 0 Å². The van der Waals surface area contributed by atoms with Crippen LogP contribution in [-0.4, -0.2) is 24.0 Å². The van der Waals surface area contributed by atoms with Gasteiger partial charge in [-0.1, -0.05) is 24.3 Å². The van der Waals surface area contributed by atoms with E-state index in [4.69, 9.17) is 0 Å². The maximum Gasteiger partial charge on any atom is 0.238 e. The zero-order valence-corrected chi connectivity index (χ0v) is 13.1. The Bertz CT molecular complexity index is 566. The molecule has 2 aliphatic rings. The van der Waals surface area contributed by atoms with Crippen molar-refractivity contribution in [2.45, 2.75) is 57.3 Å². The Morgan fingerprint density at radius 2 is 1.95 bits per heavy atom. The van der Waals surface area contributed by atoms with E-state index >= 15 is 0 Å². The molecule has 0 spiro atoms. The summed E-state index contributed by atoms with van der Waals surface area (Å²) in [5.74, 6) is 0.527. The summed E-state index contributed by atoms with van der Waals surface area (Å²) in [4.78, 5) is 23.8. The minimum absolute atomic E-state index is 0.0668. The number of nitrogens with one attached hydrogen (secondary N) is 3. The molecule has 1 saturated carbocycles. The lowest BCUT2D eigenvalue weighted by atomic mass is 10.0. The SMILES string of the molecule is CC1NC(=O)CC(C(=O)NC(C)c2ccc(C3CC3)cc2)N1. The number of rotatable bonds is 4. The van der Waals surface area contributed by atoms with Crippen molar-refractivity contribution < 1.29 is 9.59 Å². The van der Waals surface area contributed by atoms with E-state index in [1.807, 2.05) is 13.8 Å². The summed E-state index contributed by atoms with van der Waals surface area (Å²) in [6.07, 6.45) is 2.59. The summed E-state index contributed by atoms with van der Waals surface area (Å²) >= 11 is 0. The first-order chi connectivity index (χ1) is 10.5. The van der Waals surface area contributed by atoms with Crippen LogP contribution in [0.1, 0.15) is 56.2 Å². The molecule has 118 valence electrons. The summed E-state index contributed by atoms with van der Waals surface area (Å²) in [7, 11) is 0. The van der Waals surface area contributed by atoms with Gasteiger partial charge in [0.1, 0.15) is 0 Å². The first-order valence-electron chi connectivity index (χ1n) is 7.98. The van der Waals surface area contributed by atoms with Crippen molar-refractivity contribution in [2.75, 3.05) is 0 Å². The zero-order valence-electron chi connectivity index (χ0n) is 13.1. The highest BCUT2D eigenvalue weighted by Crippen LogP contribution is 2.40. The molecule has 5 heteroatoms. The highest BCUT2D eigenvalue weighted by molar-refractivity contribution is 5.89. The van der Waals surface area contributed by atoms with Gasteiger partial charge in [-0.05, 0) is 43.7 Å². The lowest BCUT2D eigenvalue weighted by molar-refractivity contribution is -0.132. The lowest BCUT2D eigenvalue weighted by Crippen LogP contribution is -2.59. The highest BCUT2D eigenvalue weighted by Gasteiger charge is 2.29. The Hall–Kier alpha value is -1.88. The minimum Gasteiger partial charge on any atom is -0.348 e. The van der Waals surface area contributed by atoms with Gasteiger partial charge in [-0.15, -0.1) is 0 Å². The third kappa shape index (κ3) is 3.47. The van der Waals surface area contributed by atoms with Crippen molar-refractivity contribution in [1.82, 2.24) is 16.0 Å². The molecular weight excluding hydrogens is 278 g/mol. The van der Waals surface area contributed by atoms with Gasteiger partial charge in [-0.3, -0.25) is 14.9 Å². The van der Waals surface area contributed by atoms with Crippen LogP contribution in [0.3, 0.4) is 0 Å². The molecule has 5 nitrogen and oxygen atoms in total. The van der Waals surface area contributed by atoms with Crippen molar-refractivity contribution >= 4 is 11.8 Å². The molecule has 3 N–H and O–H groups in total. The summed E-state index contributed by atoms with van der Waals surface area (Å²) in [5, 5.41) is 8.82. The molecule has 3 unspecified atom stereocenters. The molecule has 1 aromatic rings. The standard InChI is InChI=1S/C17H23N3O2/c1-10(12-3-5-13(6-4-12)14-7-8-14)18-17(22)15-9-16(21)20-11(2)19-15/h3-6,10-11,14-15,19H,7-9H2,1-2H3,(H,18,22)(H,20,21). The van der Waals surface area contributed by atoms with Crippen molar-refractivity contribution in [1.29, 1.82) is 0 Å². The average Bonchev–Trinajstić information content (AvgIpc) is 3.31. The second-order valence-corrected chi connectivity index (χ2v) is 6.38. The predicted molar refractivity (Wildman–Crippen MR) is 84.1 cm³/mol. The maximum atomic E-state index is 12.3. The van der Waals surface area contributed by atoms with Crippen molar-refractivity contribution in [3.05, 3.63) is 35.4 Å². The van der Waals surface area contributed by atoms with E-state index in [-0.39, 0.29) is 30.4 Å². The van der Waals surface area contributed by atoms with Gasteiger partial charge in [-0.25, -0.2) is 0 Å². The van der Waals surface area contributed by atoms with Crippen LogP contribution in [0, 0.1) is 0 Å². The summed E-state index contributed by atoms with van der Waals surface area (Å²) < 4.78 is 0. The van der Waals surface area contributed by atoms with E-state index in [1.165, 1.54) is 18.4 Å². The van der Waals surface area contributed by atoms with Crippen LogP contribution in [0.25, 0.3) is 0 Å². The number of amides is 2. The van der Waals surface area contributed by atoms with E-state index in [9.17, 15) is 9.59 Å². The molecule has 1 heterocycles. The molecule has 1 aromatic carbocycles. The maximum absolute atomic E-state index is 12.3. The van der Waals surface area contributed by atoms with E-state index in [0.717, 1.165) is 11.5 Å². The van der Waals surface area contributed by atoms with Crippen LogP contribution in [0.5, 0.6) is 0 Å². The Kier molecular flexibility index (Phi) is 4.16. The molecule has 22 heavy (non-hydrogen) atoms. The van der Waals surface area contributed by atoms with Crippen LogP contribution in [-0.2, 0) is 9.59 Å². The van der Waals surface area contributed by atoms with E-state index in [0.29, 0.717) is 0 Å². The normalized spacial score (nSPS) is 26.2. The Labute approximate surface area is 130 Å². The van der Waals surface area contributed by atoms with E-state index in [2.05, 4.69) is 40.2 Å². The Balaban J connectivity index is 1.59. The molecule has 0 bridgehead atoms. The van der Waals surface area contributed by atoms with Gasteiger partial charge in [-0.2, -0.15) is 0 Å². The topological polar surface area (TPSA) is 70.2 Å². The monoisotopic (exact) mass is 301 g/mol. The molecule has 1 aliphatic heterocycles. The van der Waals surface area contributed by atoms with Crippen LogP contribution in [0.4, 0.5) is 0 Å². The number of hydrogen-bond donors (Lipinski definition) is 3. The van der Waals surface area contributed by atoms with Gasteiger partial charge in [0.15, 0.2) is 0 Å². The number of benzene rings is 1. The Morgan fingerprint density at radius 3 is 2.55 bits per heavy atom. The molecule has 2 amide bonds. The smallest absolute Gasteiger partial charge is 0.238 e. The fourth-order valence-electron chi connectivity index (χ4n) is 2.93. The molecule has 1 aliphatic carbocycles. The number of carbonyl (C=O) groups is 2. The van der Waals surface area contributed by atoms with Crippen molar-refractivity contribution in [3.63, 3.8) is 0 Å². The van der Waals surface area contributed by atoms with Gasteiger partial charge in [0.05, 0.1) is 24.7 Å². The molecule has 3 rings (SSSR count). The highest BCUT2D eigenvalue weighted by atomic mass is 16.2. The zero-order chi connectivity index (χ0) is 15.7. The second-order valence-electron chi connectivity index (χ2n) is 6.38. The molecule has 0 aromatic heterocycles. The van der Waals surface area contributed by atoms with Crippen molar-refractivity contribution in [3.8, 4) is 0 Å². The number of carbonyl (C=O) groups excluding carboxylic acids is 2. The van der Waals surface area contributed by atoms with Crippen LogP contribution in [0.15, 0.2) is 24.3 Å². The first-order valence-corrected chi connectivity index (χ1v) is 7.98. The second kappa shape index (κ2) is 6.08. The molecule has 0 radical (unpaired) electrons. The third-order valence-corrected chi connectivity index (χ3v) is 4.38. The fraction of sp³-hybridized carbons (Fsp3) is 0.529. The molecule has 1 saturated heterocycles. The van der Waals surface area contributed by atoms with Gasteiger partial charge < -0.3 is 10.6 Å². The van der Waals surface area contributed by atoms with Crippen LogP contribution < -0.4 is 16.0 Å². The molecule has 3 atom stereocenters. The summed E-state index contributed by atoms with van der Waals surface area (Å²) in [6, 6.07) is 7.96. The third-order valence-electron chi connectivity index (χ3n) is 4.38. The fourth-order valence-corrected chi connectivity index (χ4v) is 2.93. The quantitative estimate of drug-likeness (QED) is 0.790. The van der Waals surface area contributed by atoms with E-state index < -0.39 is 6.04 Å². The van der Waals surface area contributed by atoms with Crippen molar-refractivity contribution in [2.24, 2.45) is 0 Å². The first kappa shape index (κ1) is 15.0. The van der Waals surface area contributed by atoms with Gasteiger partial charge in [0.2, 0.25) is 11.8 Å². The van der Waals surface area contributed by atoms with Gasteiger partial charge in [0, 0.05) is 0 Å². The van der Waals surface area contributed by atoms with Gasteiger partial charge >= 0.3 is 0 Å². The average molecular weight is 301 g/mol. The Morgan fingerprint density at radius 1 is 1.27 bits per heavy atom. The van der Waals surface area contributed by atoms with E-state index in [1.54, 1.807) is 0 Å². The number of hydrogen-bond acceptors (Lipinski definition) is 3. The molecular formula is C17H23N3O2. The van der Waals surface area contributed by atoms with Crippen LogP contribution >= 0.6 is 0 Å². The molecule has 2 fully saturated rings. The predicted octanol–water partition coefficient (Wildman–Crippen LogP) is 1.57. The lowest BCUT2D eigenvalue weighted by Gasteiger charge is -2.29. The summed E-state index contributed by atoms with van der Waals surface area (Å²) in [5.41, 5.74) is 2.48.